The first kappa shape index (κ1) is 15.4. The first-order valence-corrected chi connectivity index (χ1v) is 7.50. The summed E-state index contributed by atoms with van der Waals surface area (Å²) in [4.78, 5) is 26.0. The quantitative estimate of drug-likeness (QED) is 0.829. The molecule has 0 saturated carbocycles. The number of rotatable bonds is 4. The van der Waals surface area contributed by atoms with Crippen LogP contribution in [0.2, 0.25) is 0 Å². The minimum absolute atomic E-state index is 0.124. The van der Waals surface area contributed by atoms with Gasteiger partial charge in [0.15, 0.2) is 0 Å². The van der Waals surface area contributed by atoms with Crippen molar-refractivity contribution in [1.29, 1.82) is 0 Å². The zero-order valence-corrected chi connectivity index (χ0v) is 12.5. The molecule has 1 aromatic rings. The lowest BCUT2D eigenvalue weighted by Crippen LogP contribution is -2.37. The molecule has 1 aromatic carbocycles. The van der Waals surface area contributed by atoms with Gasteiger partial charge in [0.25, 0.3) is 5.91 Å². The maximum Gasteiger partial charge on any atom is 0.251 e. The van der Waals surface area contributed by atoms with Crippen LogP contribution in [0.1, 0.15) is 41.6 Å². The third kappa shape index (κ3) is 4.21. The van der Waals surface area contributed by atoms with Gasteiger partial charge in [0, 0.05) is 37.3 Å². The minimum atomic E-state index is -0.175. The predicted octanol–water partition coefficient (Wildman–Crippen LogP) is 1.71. The van der Waals surface area contributed by atoms with Crippen LogP contribution in [0, 0.1) is 6.92 Å². The largest absolute Gasteiger partial charge is 0.399 e. The van der Waals surface area contributed by atoms with Gasteiger partial charge < -0.3 is 16.0 Å². The molecule has 0 bridgehead atoms. The number of hydrogen-bond acceptors (Lipinski definition) is 3. The fourth-order valence-electron chi connectivity index (χ4n) is 2.56. The lowest BCUT2D eigenvalue weighted by molar-refractivity contribution is -0.131. The zero-order chi connectivity index (χ0) is 15.2. The van der Waals surface area contributed by atoms with E-state index in [1.54, 1.807) is 12.1 Å². The van der Waals surface area contributed by atoms with E-state index in [2.05, 4.69) is 5.32 Å². The van der Waals surface area contributed by atoms with Crippen LogP contribution in [-0.4, -0.2) is 36.3 Å². The van der Waals surface area contributed by atoms with Gasteiger partial charge in [0.05, 0.1) is 0 Å². The monoisotopic (exact) mass is 289 g/mol. The molecule has 0 radical (unpaired) electrons. The standard InChI is InChI=1S/C16H23N3O2/c1-12-5-6-13(17)11-14(12)16(21)18-8-7-15(20)19-9-3-2-4-10-19/h5-6,11H,2-4,7-10,17H2,1H3,(H,18,21). The van der Waals surface area contributed by atoms with Crippen molar-refractivity contribution in [2.45, 2.75) is 32.6 Å². The summed E-state index contributed by atoms with van der Waals surface area (Å²) in [7, 11) is 0. The molecule has 5 heteroatoms. The average molecular weight is 289 g/mol. The fourth-order valence-corrected chi connectivity index (χ4v) is 2.56. The summed E-state index contributed by atoms with van der Waals surface area (Å²) in [5.74, 6) is -0.0504. The number of amides is 2. The number of likely N-dealkylation sites (tertiary alicyclic amines) is 1. The Kier molecular flexibility index (Phi) is 5.20. The number of nitrogen functional groups attached to an aromatic ring is 1. The molecule has 3 N–H and O–H groups in total. The van der Waals surface area contributed by atoms with Crippen molar-refractivity contribution < 1.29 is 9.59 Å². The van der Waals surface area contributed by atoms with Crippen LogP contribution in [0.3, 0.4) is 0 Å². The number of piperidine rings is 1. The summed E-state index contributed by atoms with van der Waals surface area (Å²) in [6.07, 6.45) is 3.73. The number of carbonyl (C=O) groups is 2. The van der Waals surface area contributed by atoms with E-state index in [-0.39, 0.29) is 11.8 Å². The van der Waals surface area contributed by atoms with E-state index in [9.17, 15) is 9.59 Å². The van der Waals surface area contributed by atoms with Crippen LogP contribution < -0.4 is 11.1 Å². The summed E-state index contributed by atoms with van der Waals surface area (Å²) >= 11 is 0. The highest BCUT2D eigenvalue weighted by Gasteiger charge is 2.16. The predicted molar refractivity (Wildman–Crippen MR) is 83.0 cm³/mol. The van der Waals surface area contributed by atoms with E-state index in [1.165, 1.54) is 6.42 Å². The molecule has 2 amide bonds. The molecule has 5 nitrogen and oxygen atoms in total. The van der Waals surface area contributed by atoms with E-state index in [0.29, 0.717) is 24.2 Å². The van der Waals surface area contributed by atoms with Crippen molar-refractivity contribution in [3.63, 3.8) is 0 Å². The Morgan fingerprint density at radius 2 is 1.95 bits per heavy atom. The summed E-state index contributed by atoms with van der Waals surface area (Å²) in [5.41, 5.74) is 7.71. The van der Waals surface area contributed by atoms with Crippen LogP contribution in [0.4, 0.5) is 5.69 Å². The van der Waals surface area contributed by atoms with Gasteiger partial charge in [-0.15, -0.1) is 0 Å². The van der Waals surface area contributed by atoms with E-state index >= 15 is 0 Å². The lowest BCUT2D eigenvalue weighted by atomic mass is 10.1. The van der Waals surface area contributed by atoms with E-state index in [4.69, 9.17) is 5.73 Å². The molecule has 114 valence electrons. The lowest BCUT2D eigenvalue weighted by Gasteiger charge is -2.26. The molecule has 1 aliphatic rings. The molecule has 0 atom stereocenters. The Balaban J connectivity index is 1.81. The van der Waals surface area contributed by atoms with Crippen molar-refractivity contribution in [2.24, 2.45) is 0 Å². The topological polar surface area (TPSA) is 75.4 Å². The molecule has 1 saturated heterocycles. The SMILES string of the molecule is Cc1ccc(N)cc1C(=O)NCCC(=O)N1CCCCC1. The number of nitrogens with zero attached hydrogens (tertiary/aromatic N) is 1. The first-order valence-electron chi connectivity index (χ1n) is 7.50. The van der Waals surface area contributed by atoms with Crippen LogP contribution >= 0.6 is 0 Å². The molecule has 0 aliphatic carbocycles. The normalized spacial score (nSPS) is 14.8. The summed E-state index contributed by atoms with van der Waals surface area (Å²) in [6, 6.07) is 5.26. The molecule has 2 rings (SSSR count). The molecule has 0 spiro atoms. The average Bonchev–Trinajstić information content (AvgIpc) is 2.50. The number of nitrogens with two attached hydrogens (primary N) is 1. The number of benzene rings is 1. The second kappa shape index (κ2) is 7.11. The Morgan fingerprint density at radius 1 is 1.24 bits per heavy atom. The van der Waals surface area contributed by atoms with Gasteiger partial charge in [-0.3, -0.25) is 9.59 Å². The van der Waals surface area contributed by atoms with Crippen molar-refractivity contribution in [3.8, 4) is 0 Å². The smallest absolute Gasteiger partial charge is 0.251 e. The number of nitrogens with one attached hydrogen (secondary N) is 1. The van der Waals surface area contributed by atoms with Gasteiger partial charge in [0.1, 0.15) is 0 Å². The molecule has 0 unspecified atom stereocenters. The van der Waals surface area contributed by atoms with Gasteiger partial charge in [-0.1, -0.05) is 6.07 Å². The maximum absolute atomic E-state index is 12.1. The van der Waals surface area contributed by atoms with Crippen LogP contribution in [0.25, 0.3) is 0 Å². The molecular formula is C16H23N3O2. The number of carbonyl (C=O) groups excluding carboxylic acids is 2. The summed E-state index contributed by atoms with van der Waals surface area (Å²) in [6.45, 7) is 3.93. The number of aryl methyl sites for hydroxylation is 1. The van der Waals surface area contributed by atoms with Gasteiger partial charge >= 0.3 is 0 Å². The van der Waals surface area contributed by atoms with Gasteiger partial charge in [-0.05, 0) is 43.9 Å². The van der Waals surface area contributed by atoms with E-state index in [1.807, 2.05) is 17.9 Å². The van der Waals surface area contributed by atoms with Gasteiger partial charge in [0.2, 0.25) is 5.91 Å². The summed E-state index contributed by atoms with van der Waals surface area (Å²) < 4.78 is 0. The van der Waals surface area contributed by atoms with Crippen LogP contribution in [0.5, 0.6) is 0 Å². The first-order chi connectivity index (χ1) is 10.1. The molecule has 1 fully saturated rings. The Hall–Kier alpha value is -2.04. The second-order valence-corrected chi connectivity index (χ2v) is 5.52. The fraction of sp³-hybridized carbons (Fsp3) is 0.500. The number of hydrogen-bond donors (Lipinski definition) is 2. The highest BCUT2D eigenvalue weighted by atomic mass is 16.2. The van der Waals surface area contributed by atoms with Crippen molar-refractivity contribution in [3.05, 3.63) is 29.3 Å². The molecular weight excluding hydrogens is 266 g/mol. The van der Waals surface area contributed by atoms with Gasteiger partial charge in [-0.25, -0.2) is 0 Å². The molecule has 1 heterocycles. The Bertz CT molecular complexity index is 522. The van der Waals surface area contributed by atoms with E-state index < -0.39 is 0 Å². The molecule has 21 heavy (non-hydrogen) atoms. The Labute approximate surface area is 125 Å². The maximum atomic E-state index is 12.1. The minimum Gasteiger partial charge on any atom is -0.399 e. The summed E-state index contributed by atoms with van der Waals surface area (Å²) in [5, 5.41) is 2.80. The Morgan fingerprint density at radius 3 is 2.67 bits per heavy atom. The van der Waals surface area contributed by atoms with Crippen LogP contribution in [-0.2, 0) is 4.79 Å². The number of anilines is 1. The third-order valence-corrected chi connectivity index (χ3v) is 3.84. The zero-order valence-electron chi connectivity index (χ0n) is 12.5. The van der Waals surface area contributed by atoms with Crippen molar-refractivity contribution in [1.82, 2.24) is 10.2 Å². The van der Waals surface area contributed by atoms with Crippen LogP contribution in [0.15, 0.2) is 18.2 Å². The third-order valence-electron chi connectivity index (χ3n) is 3.84. The van der Waals surface area contributed by atoms with Crippen molar-refractivity contribution >= 4 is 17.5 Å². The van der Waals surface area contributed by atoms with Crippen molar-refractivity contribution in [2.75, 3.05) is 25.4 Å². The van der Waals surface area contributed by atoms with Gasteiger partial charge in [-0.2, -0.15) is 0 Å². The highest BCUT2D eigenvalue weighted by molar-refractivity contribution is 5.96. The highest BCUT2D eigenvalue weighted by Crippen LogP contribution is 2.13. The second-order valence-electron chi connectivity index (χ2n) is 5.52. The van der Waals surface area contributed by atoms with E-state index in [0.717, 1.165) is 31.5 Å². The molecule has 0 aromatic heterocycles. The molecule has 1 aliphatic heterocycles.